The molecule has 1 heterocycles. The van der Waals surface area contributed by atoms with Crippen LogP contribution in [0.25, 0.3) is 0 Å². The Hall–Kier alpha value is -0.830. The van der Waals surface area contributed by atoms with E-state index >= 15 is 0 Å². The van der Waals surface area contributed by atoms with Crippen LogP contribution in [-0.4, -0.2) is 9.78 Å². The second-order valence-electron chi connectivity index (χ2n) is 4.79. The first kappa shape index (κ1) is 14.2. The fraction of sp³-hybridized carbons (Fsp3) is 0.786. The summed E-state index contributed by atoms with van der Waals surface area (Å²) < 4.78 is 1.94. The van der Waals surface area contributed by atoms with Gasteiger partial charge in [0.1, 0.15) is 0 Å². The molecule has 0 fully saturated rings. The Kier molecular flexibility index (Phi) is 6.94. The summed E-state index contributed by atoms with van der Waals surface area (Å²) >= 11 is 0. The maximum absolute atomic E-state index is 6.15. The summed E-state index contributed by atoms with van der Waals surface area (Å²) in [5.74, 6) is 0. The monoisotopic (exact) mass is 237 g/mol. The molecule has 98 valence electrons. The molecule has 0 aliphatic carbocycles. The summed E-state index contributed by atoms with van der Waals surface area (Å²) in [6.07, 6.45) is 13.0. The van der Waals surface area contributed by atoms with E-state index in [0.717, 1.165) is 13.0 Å². The fourth-order valence-corrected chi connectivity index (χ4v) is 2.06. The van der Waals surface area contributed by atoms with Gasteiger partial charge in [0.2, 0.25) is 0 Å². The SMILES string of the molecule is CCCCCCCCC(N)c1cnn(CC)c1. The van der Waals surface area contributed by atoms with Crippen molar-refractivity contribution in [1.29, 1.82) is 0 Å². The van der Waals surface area contributed by atoms with Crippen molar-refractivity contribution in [2.75, 3.05) is 0 Å². The molecule has 0 bridgehead atoms. The van der Waals surface area contributed by atoms with Gasteiger partial charge >= 0.3 is 0 Å². The molecule has 1 atom stereocenters. The molecule has 0 aliphatic rings. The minimum absolute atomic E-state index is 0.168. The van der Waals surface area contributed by atoms with Gasteiger partial charge in [-0.1, -0.05) is 45.4 Å². The van der Waals surface area contributed by atoms with E-state index in [2.05, 4.69) is 25.1 Å². The molecule has 1 unspecified atom stereocenters. The Labute approximate surface area is 105 Å². The number of rotatable bonds is 9. The molecule has 3 heteroatoms. The highest BCUT2D eigenvalue weighted by atomic mass is 15.3. The average Bonchev–Trinajstić information content (AvgIpc) is 2.82. The number of nitrogens with two attached hydrogens (primary N) is 1. The highest BCUT2D eigenvalue weighted by molar-refractivity contribution is 5.09. The van der Waals surface area contributed by atoms with Crippen LogP contribution >= 0.6 is 0 Å². The molecule has 2 N–H and O–H groups in total. The number of hydrogen-bond acceptors (Lipinski definition) is 2. The van der Waals surface area contributed by atoms with Gasteiger partial charge in [0, 0.05) is 24.3 Å². The third-order valence-electron chi connectivity index (χ3n) is 3.27. The molecule has 0 aromatic carbocycles. The maximum Gasteiger partial charge on any atom is 0.0537 e. The summed E-state index contributed by atoms with van der Waals surface area (Å²) in [7, 11) is 0. The van der Waals surface area contributed by atoms with Crippen LogP contribution in [0.1, 0.15) is 70.4 Å². The highest BCUT2D eigenvalue weighted by Gasteiger charge is 2.07. The van der Waals surface area contributed by atoms with E-state index in [1.54, 1.807) is 0 Å². The van der Waals surface area contributed by atoms with Gasteiger partial charge in [-0.2, -0.15) is 5.10 Å². The van der Waals surface area contributed by atoms with Gasteiger partial charge in [0.15, 0.2) is 0 Å². The Morgan fingerprint density at radius 3 is 2.53 bits per heavy atom. The average molecular weight is 237 g/mol. The lowest BCUT2D eigenvalue weighted by Gasteiger charge is -2.08. The molecule has 1 rings (SSSR count). The first-order chi connectivity index (χ1) is 8.27. The van der Waals surface area contributed by atoms with Gasteiger partial charge in [0.25, 0.3) is 0 Å². The molecule has 0 aliphatic heterocycles. The molecule has 0 amide bonds. The second-order valence-corrected chi connectivity index (χ2v) is 4.79. The summed E-state index contributed by atoms with van der Waals surface area (Å²) in [6.45, 7) is 5.26. The summed E-state index contributed by atoms with van der Waals surface area (Å²) in [5.41, 5.74) is 7.33. The van der Waals surface area contributed by atoms with E-state index in [-0.39, 0.29) is 6.04 Å². The van der Waals surface area contributed by atoms with Gasteiger partial charge < -0.3 is 5.73 Å². The van der Waals surface area contributed by atoms with Crippen LogP contribution in [0.15, 0.2) is 12.4 Å². The number of nitrogens with zero attached hydrogens (tertiary/aromatic N) is 2. The zero-order valence-electron chi connectivity index (χ0n) is 11.4. The third-order valence-corrected chi connectivity index (χ3v) is 3.27. The standard InChI is InChI=1S/C14H27N3/c1-3-5-6-7-8-9-10-14(15)13-11-16-17(4-2)12-13/h11-12,14H,3-10,15H2,1-2H3. The minimum atomic E-state index is 0.168. The normalized spacial score (nSPS) is 12.9. The van der Waals surface area contributed by atoms with E-state index in [1.165, 1.54) is 44.1 Å². The fourth-order valence-electron chi connectivity index (χ4n) is 2.06. The van der Waals surface area contributed by atoms with Gasteiger partial charge in [-0.3, -0.25) is 4.68 Å². The van der Waals surface area contributed by atoms with Crippen molar-refractivity contribution in [1.82, 2.24) is 9.78 Å². The van der Waals surface area contributed by atoms with Gasteiger partial charge in [-0.25, -0.2) is 0 Å². The smallest absolute Gasteiger partial charge is 0.0537 e. The number of hydrogen-bond donors (Lipinski definition) is 1. The summed E-state index contributed by atoms with van der Waals surface area (Å²) in [6, 6.07) is 0.168. The zero-order chi connectivity index (χ0) is 12.5. The van der Waals surface area contributed by atoms with Crippen molar-refractivity contribution < 1.29 is 0 Å². The van der Waals surface area contributed by atoms with Crippen LogP contribution in [0.4, 0.5) is 0 Å². The Balaban J connectivity index is 2.14. The highest BCUT2D eigenvalue weighted by Crippen LogP contribution is 2.17. The molecule has 1 aromatic heterocycles. The maximum atomic E-state index is 6.15. The van der Waals surface area contributed by atoms with Crippen molar-refractivity contribution in [2.45, 2.75) is 71.4 Å². The van der Waals surface area contributed by atoms with Crippen molar-refractivity contribution in [3.63, 3.8) is 0 Å². The van der Waals surface area contributed by atoms with E-state index in [9.17, 15) is 0 Å². The molecule has 1 aromatic rings. The van der Waals surface area contributed by atoms with E-state index in [1.807, 2.05) is 10.9 Å². The first-order valence-electron chi connectivity index (χ1n) is 7.05. The van der Waals surface area contributed by atoms with Gasteiger partial charge in [-0.05, 0) is 13.3 Å². The lowest BCUT2D eigenvalue weighted by Crippen LogP contribution is -2.09. The molecule has 0 radical (unpaired) electrons. The van der Waals surface area contributed by atoms with E-state index in [4.69, 9.17) is 5.73 Å². The van der Waals surface area contributed by atoms with Crippen LogP contribution in [0.2, 0.25) is 0 Å². The Bertz CT molecular complexity index is 293. The lowest BCUT2D eigenvalue weighted by atomic mass is 10.0. The Morgan fingerprint density at radius 2 is 1.88 bits per heavy atom. The van der Waals surface area contributed by atoms with Crippen LogP contribution in [0.5, 0.6) is 0 Å². The van der Waals surface area contributed by atoms with Crippen LogP contribution in [-0.2, 0) is 6.54 Å². The quantitative estimate of drug-likeness (QED) is 0.666. The lowest BCUT2D eigenvalue weighted by molar-refractivity contribution is 0.546. The minimum Gasteiger partial charge on any atom is -0.324 e. The number of aromatic nitrogens is 2. The molecule has 3 nitrogen and oxygen atoms in total. The van der Waals surface area contributed by atoms with E-state index in [0.29, 0.717) is 0 Å². The van der Waals surface area contributed by atoms with Crippen molar-refractivity contribution in [3.05, 3.63) is 18.0 Å². The van der Waals surface area contributed by atoms with Crippen molar-refractivity contribution >= 4 is 0 Å². The van der Waals surface area contributed by atoms with Crippen LogP contribution in [0.3, 0.4) is 0 Å². The Morgan fingerprint density at radius 1 is 1.18 bits per heavy atom. The molecule has 17 heavy (non-hydrogen) atoms. The van der Waals surface area contributed by atoms with Gasteiger partial charge in [-0.15, -0.1) is 0 Å². The van der Waals surface area contributed by atoms with Crippen LogP contribution < -0.4 is 5.73 Å². The molecule has 0 spiro atoms. The predicted octanol–water partition coefficient (Wildman–Crippen LogP) is 3.65. The predicted molar refractivity (Wildman–Crippen MR) is 72.8 cm³/mol. The summed E-state index contributed by atoms with van der Waals surface area (Å²) in [4.78, 5) is 0. The van der Waals surface area contributed by atoms with Crippen LogP contribution in [0, 0.1) is 0 Å². The topological polar surface area (TPSA) is 43.8 Å². The molecular weight excluding hydrogens is 210 g/mol. The molecule has 0 saturated carbocycles. The van der Waals surface area contributed by atoms with Crippen molar-refractivity contribution in [2.24, 2.45) is 5.73 Å². The van der Waals surface area contributed by atoms with Crippen molar-refractivity contribution in [3.8, 4) is 0 Å². The largest absolute Gasteiger partial charge is 0.324 e. The number of aryl methyl sites for hydroxylation is 1. The summed E-state index contributed by atoms with van der Waals surface area (Å²) in [5, 5.41) is 4.26. The molecular formula is C14H27N3. The second kappa shape index (κ2) is 8.29. The van der Waals surface area contributed by atoms with Gasteiger partial charge in [0.05, 0.1) is 6.20 Å². The molecule has 0 saturated heterocycles. The zero-order valence-corrected chi connectivity index (χ0v) is 11.4. The first-order valence-corrected chi connectivity index (χ1v) is 7.05. The van der Waals surface area contributed by atoms with E-state index < -0.39 is 0 Å². The third kappa shape index (κ3) is 5.35. The number of unbranched alkanes of at least 4 members (excludes halogenated alkanes) is 5.